The van der Waals surface area contributed by atoms with E-state index in [4.69, 9.17) is 9.47 Å². The number of fused-ring (bicyclic) bond motifs is 2. The normalized spacial score (nSPS) is 13.9. The van der Waals surface area contributed by atoms with Crippen LogP contribution in [0.2, 0.25) is 0 Å². The number of hydrogen-bond acceptors (Lipinski definition) is 7. The predicted molar refractivity (Wildman–Crippen MR) is 112 cm³/mol. The summed E-state index contributed by atoms with van der Waals surface area (Å²) in [7, 11) is 2.82. The topological polar surface area (TPSA) is 134 Å². The van der Waals surface area contributed by atoms with Crippen molar-refractivity contribution in [2.75, 3.05) is 14.2 Å². The molecular formula is C21H17N3O7. The van der Waals surface area contributed by atoms with Crippen LogP contribution in [0.25, 0.3) is 22.6 Å². The molecule has 0 atom stereocenters. The number of benzene rings is 2. The SMILES string of the molecule is COc1cc(/C=C2\CCn3c2nc2cc(C(=O)O)ccc2c3=O)c([N+](=O)[O-])cc1OC. The second-order valence-corrected chi connectivity index (χ2v) is 6.87. The lowest BCUT2D eigenvalue weighted by molar-refractivity contribution is -0.385. The molecule has 0 fully saturated rings. The first-order chi connectivity index (χ1) is 14.8. The van der Waals surface area contributed by atoms with Gasteiger partial charge in [-0.3, -0.25) is 19.5 Å². The van der Waals surface area contributed by atoms with Gasteiger partial charge in [0.25, 0.3) is 11.2 Å². The number of ether oxygens (including phenoxy) is 2. The van der Waals surface area contributed by atoms with E-state index in [-0.39, 0.29) is 33.6 Å². The van der Waals surface area contributed by atoms with Crippen molar-refractivity contribution < 1.29 is 24.3 Å². The lowest BCUT2D eigenvalue weighted by Crippen LogP contribution is -2.21. The number of carboxylic acids is 1. The lowest BCUT2D eigenvalue weighted by atomic mass is 10.1. The second-order valence-electron chi connectivity index (χ2n) is 6.87. The zero-order valence-electron chi connectivity index (χ0n) is 16.6. The van der Waals surface area contributed by atoms with E-state index >= 15 is 0 Å². The van der Waals surface area contributed by atoms with Gasteiger partial charge in [0.1, 0.15) is 5.82 Å². The maximum absolute atomic E-state index is 12.9. The first-order valence-electron chi connectivity index (χ1n) is 9.23. The molecule has 0 radical (unpaired) electrons. The van der Waals surface area contributed by atoms with Crippen molar-refractivity contribution in [3.05, 3.63) is 67.8 Å². The first-order valence-corrected chi connectivity index (χ1v) is 9.23. The molecule has 1 aliphatic heterocycles. The molecule has 1 aromatic heterocycles. The van der Waals surface area contributed by atoms with Gasteiger partial charge in [0.05, 0.1) is 47.2 Å². The van der Waals surface area contributed by atoms with Crippen LogP contribution in [-0.2, 0) is 6.54 Å². The molecule has 10 heteroatoms. The number of rotatable bonds is 5. The monoisotopic (exact) mass is 423 g/mol. The van der Waals surface area contributed by atoms with E-state index in [9.17, 15) is 24.8 Å². The third-order valence-corrected chi connectivity index (χ3v) is 5.15. The van der Waals surface area contributed by atoms with Gasteiger partial charge >= 0.3 is 5.97 Å². The van der Waals surface area contributed by atoms with E-state index in [2.05, 4.69) is 4.98 Å². The van der Waals surface area contributed by atoms with Crippen LogP contribution >= 0.6 is 0 Å². The van der Waals surface area contributed by atoms with Gasteiger partial charge in [-0.25, -0.2) is 9.78 Å². The first kappa shape index (κ1) is 20.1. The molecule has 0 spiro atoms. The van der Waals surface area contributed by atoms with E-state index in [0.29, 0.717) is 35.5 Å². The van der Waals surface area contributed by atoms with Gasteiger partial charge in [0.2, 0.25) is 0 Å². The molecule has 0 amide bonds. The number of aromatic carboxylic acids is 1. The maximum atomic E-state index is 12.9. The number of aromatic nitrogens is 2. The molecule has 0 saturated carbocycles. The van der Waals surface area contributed by atoms with Crippen LogP contribution < -0.4 is 15.0 Å². The quantitative estimate of drug-likeness (QED) is 0.489. The Morgan fingerprint density at radius 2 is 1.94 bits per heavy atom. The molecule has 3 aromatic rings. The molecule has 0 bridgehead atoms. The van der Waals surface area contributed by atoms with Gasteiger partial charge < -0.3 is 14.6 Å². The zero-order chi connectivity index (χ0) is 22.3. The van der Waals surface area contributed by atoms with Crippen LogP contribution in [0.4, 0.5) is 5.69 Å². The summed E-state index contributed by atoms with van der Waals surface area (Å²) in [5.74, 6) is -0.220. The summed E-state index contributed by atoms with van der Waals surface area (Å²) in [5.41, 5.74) is 0.700. The highest BCUT2D eigenvalue weighted by atomic mass is 16.6. The second kappa shape index (κ2) is 7.56. The summed E-state index contributed by atoms with van der Waals surface area (Å²) in [5, 5.41) is 21.1. The molecule has 4 rings (SSSR count). The molecule has 10 nitrogen and oxygen atoms in total. The van der Waals surface area contributed by atoms with Crippen molar-refractivity contribution in [1.82, 2.24) is 9.55 Å². The average Bonchev–Trinajstić information content (AvgIpc) is 3.15. The predicted octanol–water partition coefficient (Wildman–Crippen LogP) is 2.96. The van der Waals surface area contributed by atoms with Crippen LogP contribution in [0.3, 0.4) is 0 Å². The van der Waals surface area contributed by atoms with Crippen molar-refractivity contribution in [3.63, 3.8) is 0 Å². The van der Waals surface area contributed by atoms with Gasteiger partial charge in [-0.2, -0.15) is 0 Å². The van der Waals surface area contributed by atoms with E-state index in [1.807, 2.05) is 0 Å². The van der Waals surface area contributed by atoms with Crippen molar-refractivity contribution in [2.24, 2.45) is 0 Å². The van der Waals surface area contributed by atoms with Crippen molar-refractivity contribution >= 4 is 34.2 Å². The van der Waals surface area contributed by atoms with Crippen LogP contribution in [0.15, 0.2) is 35.1 Å². The third kappa shape index (κ3) is 3.37. The molecule has 0 unspecified atom stereocenters. The summed E-state index contributed by atoms with van der Waals surface area (Å²) in [4.78, 5) is 39.7. The maximum Gasteiger partial charge on any atom is 0.335 e. The highest BCUT2D eigenvalue weighted by Gasteiger charge is 2.24. The summed E-state index contributed by atoms with van der Waals surface area (Å²) in [6, 6.07) is 6.92. The van der Waals surface area contributed by atoms with Crippen LogP contribution in [-0.4, -0.2) is 39.8 Å². The fraction of sp³-hybridized carbons (Fsp3) is 0.190. The van der Waals surface area contributed by atoms with E-state index in [1.165, 1.54) is 49.1 Å². The Kier molecular flexibility index (Phi) is 4.90. The minimum atomic E-state index is -1.12. The van der Waals surface area contributed by atoms with Gasteiger partial charge in [-0.15, -0.1) is 0 Å². The Bertz CT molecular complexity index is 1340. The summed E-state index contributed by atoms with van der Waals surface area (Å²) < 4.78 is 11.9. The van der Waals surface area contributed by atoms with Crippen LogP contribution in [0, 0.1) is 10.1 Å². The molecule has 158 valence electrons. The number of hydrogen-bond donors (Lipinski definition) is 1. The summed E-state index contributed by atoms with van der Waals surface area (Å²) in [6.07, 6.45) is 2.04. The Morgan fingerprint density at radius 1 is 1.23 bits per heavy atom. The number of nitro benzene ring substituents is 1. The molecule has 2 aromatic carbocycles. The Balaban J connectivity index is 1.91. The van der Waals surface area contributed by atoms with E-state index in [0.717, 1.165) is 0 Å². The van der Waals surface area contributed by atoms with Crippen molar-refractivity contribution in [1.29, 1.82) is 0 Å². The molecule has 0 saturated heterocycles. The minimum absolute atomic E-state index is 0.0170. The highest BCUT2D eigenvalue weighted by Crippen LogP contribution is 2.37. The largest absolute Gasteiger partial charge is 0.493 e. The molecule has 2 heterocycles. The fourth-order valence-electron chi connectivity index (χ4n) is 3.63. The number of carboxylic acid groups (broad SMARTS) is 1. The molecule has 31 heavy (non-hydrogen) atoms. The highest BCUT2D eigenvalue weighted by molar-refractivity contribution is 5.93. The number of nitrogens with zero attached hydrogens (tertiary/aromatic N) is 3. The Hall–Kier alpha value is -4.21. The van der Waals surface area contributed by atoms with E-state index in [1.54, 1.807) is 6.08 Å². The fourth-order valence-corrected chi connectivity index (χ4v) is 3.63. The minimum Gasteiger partial charge on any atom is -0.493 e. The zero-order valence-corrected chi connectivity index (χ0v) is 16.6. The molecule has 0 aliphatic carbocycles. The smallest absolute Gasteiger partial charge is 0.335 e. The number of carbonyl (C=O) groups is 1. The Labute approximate surface area is 175 Å². The lowest BCUT2D eigenvalue weighted by Gasteiger charge is -2.09. The number of allylic oxidation sites excluding steroid dienone is 1. The van der Waals surface area contributed by atoms with Gasteiger partial charge in [0.15, 0.2) is 11.5 Å². The summed E-state index contributed by atoms with van der Waals surface area (Å²) >= 11 is 0. The van der Waals surface area contributed by atoms with Crippen molar-refractivity contribution in [3.8, 4) is 11.5 Å². The van der Waals surface area contributed by atoms with Gasteiger partial charge in [0, 0.05) is 6.54 Å². The van der Waals surface area contributed by atoms with Crippen molar-refractivity contribution in [2.45, 2.75) is 13.0 Å². The van der Waals surface area contributed by atoms with Crippen LogP contribution in [0.1, 0.15) is 28.2 Å². The van der Waals surface area contributed by atoms with E-state index < -0.39 is 10.9 Å². The molecule has 1 N–H and O–H groups in total. The molecule has 1 aliphatic rings. The molecular weight excluding hydrogens is 406 g/mol. The summed E-state index contributed by atoms with van der Waals surface area (Å²) in [6.45, 7) is 0.366. The standard InChI is InChI=1S/C21H17N3O7/c1-30-17-9-13(16(24(28)29)10-18(17)31-2)7-11-5-6-23-19(11)22-15-8-12(21(26)27)3-4-14(15)20(23)25/h3-4,7-10H,5-6H2,1-2H3,(H,26,27)/b11-7+. The number of methoxy groups -OCH3 is 2. The Morgan fingerprint density at radius 3 is 2.58 bits per heavy atom. The number of nitro groups is 1. The van der Waals surface area contributed by atoms with Gasteiger partial charge in [-0.05, 0) is 42.3 Å². The average molecular weight is 423 g/mol. The van der Waals surface area contributed by atoms with Crippen LogP contribution in [0.5, 0.6) is 11.5 Å². The van der Waals surface area contributed by atoms with Gasteiger partial charge in [-0.1, -0.05) is 0 Å². The third-order valence-electron chi connectivity index (χ3n) is 5.15.